The van der Waals surface area contributed by atoms with Crippen LogP contribution in [0.1, 0.15) is 31.5 Å². The molecule has 1 atom stereocenters. The van der Waals surface area contributed by atoms with Crippen molar-refractivity contribution in [1.82, 2.24) is 14.9 Å². The minimum absolute atomic E-state index is 0.384. The van der Waals surface area contributed by atoms with Gasteiger partial charge in [-0.3, -0.25) is 0 Å². The van der Waals surface area contributed by atoms with Crippen LogP contribution >= 0.6 is 0 Å². The van der Waals surface area contributed by atoms with Gasteiger partial charge in [-0.05, 0) is 25.3 Å². The Kier molecular flexibility index (Phi) is 3.96. The molecule has 4 nitrogen and oxygen atoms in total. The van der Waals surface area contributed by atoms with Crippen molar-refractivity contribution in [1.29, 1.82) is 0 Å². The molecule has 16 heavy (non-hydrogen) atoms. The zero-order chi connectivity index (χ0) is 11.4. The molecule has 1 fully saturated rings. The van der Waals surface area contributed by atoms with Crippen LogP contribution in [0.4, 0.5) is 0 Å². The third kappa shape index (κ3) is 2.62. The van der Waals surface area contributed by atoms with E-state index in [1.165, 1.54) is 0 Å². The van der Waals surface area contributed by atoms with Crippen LogP contribution in [0.5, 0.6) is 0 Å². The van der Waals surface area contributed by atoms with Crippen LogP contribution in [0.3, 0.4) is 0 Å². The van der Waals surface area contributed by atoms with Gasteiger partial charge in [-0.1, -0.05) is 6.92 Å². The Morgan fingerprint density at radius 1 is 1.56 bits per heavy atom. The third-order valence-corrected chi connectivity index (χ3v) is 3.20. The van der Waals surface area contributed by atoms with Gasteiger partial charge in [0.1, 0.15) is 0 Å². The second kappa shape index (κ2) is 5.46. The largest absolute Gasteiger partial charge is 0.381 e. The van der Waals surface area contributed by atoms with Gasteiger partial charge in [0.25, 0.3) is 0 Å². The normalized spacial score (nSPS) is 19.9. The lowest BCUT2D eigenvalue weighted by atomic mass is 9.90. The van der Waals surface area contributed by atoms with E-state index in [1.54, 1.807) is 0 Å². The van der Waals surface area contributed by atoms with Crippen molar-refractivity contribution in [3.63, 3.8) is 0 Å². The number of rotatable bonds is 4. The molecule has 0 spiro atoms. The van der Waals surface area contributed by atoms with E-state index in [0.29, 0.717) is 12.0 Å². The van der Waals surface area contributed by atoms with Gasteiger partial charge in [0.2, 0.25) is 0 Å². The van der Waals surface area contributed by atoms with Crippen LogP contribution in [0, 0.1) is 5.92 Å². The van der Waals surface area contributed by atoms with Gasteiger partial charge in [-0.25, -0.2) is 4.98 Å². The summed E-state index contributed by atoms with van der Waals surface area (Å²) in [6.07, 6.45) is 6.25. The monoisotopic (exact) mass is 223 g/mol. The Morgan fingerprint density at radius 2 is 2.31 bits per heavy atom. The van der Waals surface area contributed by atoms with Crippen molar-refractivity contribution in [2.75, 3.05) is 19.8 Å². The van der Waals surface area contributed by atoms with E-state index in [0.717, 1.165) is 38.3 Å². The molecule has 1 unspecified atom stereocenters. The van der Waals surface area contributed by atoms with Crippen LogP contribution < -0.4 is 5.32 Å². The van der Waals surface area contributed by atoms with Crippen LogP contribution in [0.2, 0.25) is 0 Å². The summed E-state index contributed by atoms with van der Waals surface area (Å²) >= 11 is 0. The van der Waals surface area contributed by atoms with Crippen molar-refractivity contribution in [2.45, 2.75) is 25.8 Å². The second-order valence-electron chi connectivity index (χ2n) is 4.45. The van der Waals surface area contributed by atoms with E-state index in [2.05, 4.69) is 23.4 Å². The second-order valence-corrected chi connectivity index (χ2v) is 4.45. The molecule has 0 saturated carbocycles. The van der Waals surface area contributed by atoms with Crippen LogP contribution in [-0.4, -0.2) is 29.3 Å². The summed E-state index contributed by atoms with van der Waals surface area (Å²) in [4.78, 5) is 4.47. The highest BCUT2D eigenvalue weighted by atomic mass is 16.5. The lowest BCUT2D eigenvalue weighted by Gasteiger charge is -2.29. The molecule has 0 amide bonds. The molecular weight excluding hydrogens is 202 g/mol. The lowest BCUT2D eigenvalue weighted by Crippen LogP contribution is -2.32. The van der Waals surface area contributed by atoms with E-state index >= 15 is 0 Å². The number of aryl methyl sites for hydroxylation is 1. The first-order chi connectivity index (χ1) is 7.81. The van der Waals surface area contributed by atoms with Crippen LogP contribution in [0.25, 0.3) is 0 Å². The quantitative estimate of drug-likeness (QED) is 0.840. The Bertz CT molecular complexity index is 318. The summed E-state index contributed by atoms with van der Waals surface area (Å²) in [6.45, 7) is 4.91. The smallest absolute Gasteiger partial charge is 0.0947 e. The van der Waals surface area contributed by atoms with Gasteiger partial charge >= 0.3 is 0 Å². The number of nitrogens with zero attached hydrogens (tertiary/aromatic N) is 2. The molecule has 2 rings (SSSR count). The van der Waals surface area contributed by atoms with Gasteiger partial charge < -0.3 is 14.6 Å². The van der Waals surface area contributed by atoms with E-state index in [1.807, 2.05) is 17.9 Å². The van der Waals surface area contributed by atoms with E-state index in [-0.39, 0.29) is 0 Å². The Morgan fingerprint density at radius 3 is 2.88 bits per heavy atom. The predicted molar refractivity (Wildman–Crippen MR) is 63.2 cm³/mol. The fraction of sp³-hybridized carbons (Fsp3) is 0.750. The highest BCUT2D eigenvalue weighted by molar-refractivity contribution is 5.05. The summed E-state index contributed by atoms with van der Waals surface area (Å²) in [5.74, 6) is 0.656. The predicted octanol–water partition coefficient (Wildman–Crippen LogP) is 1.50. The molecular formula is C12H21N3O. The number of aromatic nitrogens is 2. The number of nitrogens with one attached hydrogen (secondary N) is 1. The number of imidazole rings is 1. The minimum Gasteiger partial charge on any atom is -0.381 e. The average Bonchev–Trinajstić information content (AvgIpc) is 2.74. The van der Waals surface area contributed by atoms with Crippen LogP contribution in [-0.2, 0) is 11.8 Å². The molecule has 1 aromatic heterocycles. The minimum atomic E-state index is 0.384. The molecule has 1 aliphatic heterocycles. The molecule has 4 heteroatoms. The van der Waals surface area contributed by atoms with E-state index in [4.69, 9.17) is 4.74 Å². The SMILES string of the molecule is CCNC(c1cn(C)cn1)C1CCOCC1. The van der Waals surface area contributed by atoms with Gasteiger partial charge in [0.15, 0.2) is 0 Å². The Hall–Kier alpha value is -0.870. The molecule has 0 radical (unpaired) electrons. The Labute approximate surface area is 97.0 Å². The Balaban J connectivity index is 2.09. The van der Waals surface area contributed by atoms with E-state index < -0.39 is 0 Å². The maximum Gasteiger partial charge on any atom is 0.0947 e. The van der Waals surface area contributed by atoms with Crippen molar-refractivity contribution >= 4 is 0 Å². The summed E-state index contributed by atoms with van der Waals surface area (Å²) in [5, 5.41) is 3.55. The number of ether oxygens (including phenoxy) is 1. The fourth-order valence-electron chi connectivity index (χ4n) is 2.38. The third-order valence-electron chi connectivity index (χ3n) is 3.20. The summed E-state index contributed by atoms with van der Waals surface area (Å²) in [6, 6.07) is 0.384. The molecule has 0 aliphatic carbocycles. The van der Waals surface area contributed by atoms with E-state index in [9.17, 15) is 0 Å². The van der Waals surface area contributed by atoms with Crippen molar-refractivity contribution < 1.29 is 4.74 Å². The van der Waals surface area contributed by atoms with Crippen molar-refractivity contribution in [3.05, 3.63) is 18.2 Å². The maximum atomic E-state index is 5.42. The lowest BCUT2D eigenvalue weighted by molar-refractivity contribution is 0.0533. The zero-order valence-electron chi connectivity index (χ0n) is 10.1. The highest BCUT2D eigenvalue weighted by Crippen LogP contribution is 2.28. The van der Waals surface area contributed by atoms with Gasteiger partial charge in [0, 0.05) is 26.5 Å². The molecule has 90 valence electrons. The molecule has 1 aliphatic rings. The average molecular weight is 223 g/mol. The van der Waals surface area contributed by atoms with Gasteiger partial charge in [0.05, 0.1) is 18.1 Å². The topological polar surface area (TPSA) is 39.1 Å². The number of hydrogen-bond acceptors (Lipinski definition) is 3. The summed E-state index contributed by atoms with van der Waals surface area (Å²) < 4.78 is 7.43. The van der Waals surface area contributed by atoms with Crippen LogP contribution in [0.15, 0.2) is 12.5 Å². The molecule has 1 saturated heterocycles. The molecule has 2 heterocycles. The molecule has 1 aromatic rings. The first-order valence-corrected chi connectivity index (χ1v) is 6.10. The number of hydrogen-bond donors (Lipinski definition) is 1. The summed E-state index contributed by atoms with van der Waals surface area (Å²) in [5.41, 5.74) is 1.16. The first-order valence-electron chi connectivity index (χ1n) is 6.10. The van der Waals surface area contributed by atoms with Crippen molar-refractivity contribution in [2.24, 2.45) is 13.0 Å². The van der Waals surface area contributed by atoms with Crippen molar-refractivity contribution in [3.8, 4) is 0 Å². The van der Waals surface area contributed by atoms with Gasteiger partial charge in [-0.2, -0.15) is 0 Å². The van der Waals surface area contributed by atoms with Gasteiger partial charge in [-0.15, -0.1) is 0 Å². The summed E-state index contributed by atoms with van der Waals surface area (Å²) in [7, 11) is 2.02. The fourth-order valence-corrected chi connectivity index (χ4v) is 2.38. The maximum absolute atomic E-state index is 5.42. The standard InChI is InChI=1S/C12H21N3O/c1-3-13-12(10-4-6-16-7-5-10)11-8-15(2)9-14-11/h8-10,12-13H,3-7H2,1-2H3. The highest BCUT2D eigenvalue weighted by Gasteiger charge is 2.26. The first kappa shape index (κ1) is 11.6. The molecule has 0 aromatic carbocycles. The molecule has 1 N–H and O–H groups in total. The zero-order valence-corrected chi connectivity index (χ0v) is 10.1. The molecule has 0 bridgehead atoms.